The van der Waals surface area contributed by atoms with E-state index in [4.69, 9.17) is 4.74 Å². The molecule has 0 bridgehead atoms. The molecule has 2 heteroatoms. The average Bonchev–Trinajstić information content (AvgIpc) is 2.39. The molecule has 1 fully saturated rings. The molecule has 0 aliphatic carbocycles. The van der Waals surface area contributed by atoms with Gasteiger partial charge >= 0.3 is 0 Å². The largest absolute Gasteiger partial charge is 0.380 e. The summed E-state index contributed by atoms with van der Waals surface area (Å²) in [5, 5.41) is 3.41. The third-order valence-corrected chi connectivity index (χ3v) is 1.85. The van der Waals surface area contributed by atoms with E-state index >= 15 is 0 Å². The maximum atomic E-state index is 5.23. The topological polar surface area (TPSA) is 21.3 Å². The summed E-state index contributed by atoms with van der Waals surface area (Å²) in [7, 11) is 0. The number of hydrogen-bond acceptors (Lipinski definition) is 2. The molecule has 1 rings (SSSR count). The fourth-order valence-corrected chi connectivity index (χ4v) is 1.13. The number of rotatable bonds is 3. The Hall–Kier alpha value is -0.340. The van der Waals surface area contributed by atoms with Crippen LogP contribution in [0.4, 0.5) is 0 Å². The van der Waals surface area contributed by atoms with Gasteiger partial charge in [-0.1, -0.05) is 11.6 Å². The average molecular weight is 155 g/mol. The van der Waals surface area contributed by atoms with Gasteiger partial charge < -0.3 is 10.1 Å². The Labute approximate surface area is 68.6 Å². The van der Waals surface area contributed by atoms with E-state index in [0.29, 0.717) is 6.04 Å². The van der Waals surface area contributed by atoms with E-state index in [1.54, 1.807) is 0 Å². The minimum atomic E-state index is 0.589. The predicted octanol–water partition coefficient (Wildman–Crippen LogP) is 1.33. The molecule has 64 valence electrons. The van der Waals surface area contributed by atoms with Crippen LogP contribution in [-0.2, 0) is 4.74 Å². The number of allylic oxidation sites excluding steroid dienone is 1. The Morgan fingerprint density at radius 3 is 3.00 bits per heavy atom. The summed E-state index contributed by atoms with van der Waals surface area (Å²) in [6, 6.07) is 0.589. The van der Waals surface area contributed by atoms with Crippen LogP contribution in [0.1, 0.15) is 20.3 Å². The van der Waals surface area contributed by atoms with Gasteiger partial charge in [0.2, 0.25) is 0 Å². The Balaban J connectivity index is 2.07. The van der Waals surface area contributed by atoms with Crippen molar-refractivity contribution < 1.29 is 4.74 Å². The van der Waals surface area contributed by atoms with Crippen LogP contribution in [0.15, 0.2) is 11.6 Å². The fraction of sp³-hybridized carbons (Fsp3) is 0.778. The summed E-state index contributed by atoms with van der Waals surface area (Å²) >= 11 is 0. The molecule has 0 radical (unpaired) electrons. The minimum absolute atomic E-state index is 0.589. The zero-order chi connectivity index (χ0) is 8.10. The van der Waals surface area contributed by atoms with Crippen LogP contribution in [-0.4, -0.2) is 25.8 Å². The SMILES string of the molecule is CC(C)=CCNC1CCOC1. The second-order valence-electron chi connectivity index (χ2n) is 3.25. The van der Waals surface area contributed by atoms with Gasteiger partial charge in [0.25, 0.3) is 0 Å². The number of hydrogen-bond donors (Lipinski definition) is 1. The zero-order valence-electron chi connectivity index (χ0n) is 7.39. The van der Waals surface area contributed by atoms with Gasteiger partial charge in [-0.25, -0.2) is 0 Å². The molecule has 0 amide bonds. The molecule has 1 unspecified atom stereocenters. The summed E-state index contributed by atoms with van der Waals surface area (Å²) < 4.78 is 5.23. The lowest BCUT2D eigenvalue weighted by molar-refractivity contribution is 0.190. The highest BCUT2D eigenvalue weighted by Gasteiger charge is 2.12. The van der Waals surface area contributed by atoms with Crippen molar-refractivity contribution in [3.63, 3.8) is 0 Å². The molecular formula is C9H17NO. The van der Waals surface area contributed by atoms with Crippen molar-refractivity contribution >= 4 is 0 Å². The Kier molecular flexibility index (Phi) is 3.60. The van der Waals surface area contributed by atoms with Gasteiger partial charge in [-0.15, -0.1) is 0 Å². The molecule has 1 atom stereocenters. The molecule has 11 heavy (non-hydrogen) atoms. The normalized spacial score (nSPS) is 23.6. The van der Waals surface area contributed by atoms with Crippen molar-refractivity contribution in [1.29, 1.82) is 0 Å². The summed E-state index contributed by atoms with van der Waals surface area (Å²) in [4.78, 5) is 0. The molecule has 0 spiro atoms. The maximum Gasteiger partial charge on any atom is 0.0620 e. The van der Waals surface area contributed by atoms with E-state index in [-0.39, 0.29) is 0 Å². The highest BCUT2D eigenvalue weighted by molar-refractivity contribution is 4.95. The van der Waals surface area contributed by atoms with Crippen LogP contribution in [0.2, 0.25) is 0 Å². The van der Waals surface area contributed by atoms with Gasteiger partial charge in [-0.05, 0) is 20.3 Å². The summed E-state index contributed by atoms with van der Waals surface area (Å²) in [5.74, 6) is 0. The quantitative estimate of drug-likeness (QED) is 0.621. The standard InChI is InChI=1S/C9H17NO/c1-8(2)3-5-10-9-4-6-11-7-9/h3,9-10H,4-7H2,1-2H3. The smallest absolute Gasteiger partial charge is 0.0620 e. The Morgan fingerprint density at radius 2 is 2.45 bits per heavy atom. The van der Waals surface area contributed by atoms with E-state index in [0.717, 1.165) is 26.2 Å². The monoisotopic (exact) mass is 155 g/mol. The zero-order valence-corrected chi connectivity index (χ0v) is 7.39. The summed E-state index contributed by atoms with van der Waals surface area (Å²) in [6.45, 7) is 7.03. The van der Waals surface area contributed by atoms with E-state index in [1.807, 2.05) is 0 Å². The molecular weight excluding hydrogens is 138 g/mol. The highest BCUT2D eigenvalue weighted by atomic mass is 16.5. The molecule has 1 N–H and O–H groups in total. The second kappa shape index (κ2) is 4.52. The second-order valence-corrected chi connectivity index (χ2v) is 3.25. The number of ether oxygens (including phenoxy) is 1. The summed E-state index contributed by atoms with van der Waals surface area (Å²) in [5.41, 5.74) is 1.37. The molecule has 1 aliphatic rings. The van der Waals surface area contributed by atoms with Crippen molar-refractivity contribution in [2.45, 2.75) is 26.3 Å². The predicted molar refractivity (Wildman–Crippen MR) is 46.7 cm³/mol. The lowest BCUT2D eigenvalue weighted by Crippen LogP contribution is -2.29. The van der Waals surface area contributed by atoms with Gasteiger partial charge in [-0.2, -0.15) is 0 Å². The third kappa shape index (κ3) is 3.54. The summed E-state index contributed by atoms with van der Waals surface area (Å²) in [6.07, 6.45) is 3.37. The van der Waals surface area contributed by atoms with Crippen molar-refractivity contribution in [1.82, 2.24) is 5.32 Å². The molecule has 0 aromatic carbocycles. The first kappa shape index (κ1) is 8.75. The van der Waals surface area contributed by atoms with Crippen LogP contribution in [0.5, 0.6) is 0 Å². The van der Waals surface area contributed by atoms with Crippen molar-refractivity contribution in [2.24, 2.45) is 0 Å². The van der Waals surface area contributed by atoms with Gasteiger partial charge in [-0.3, -0.25) is 0 Å². The molecule has 2 nitrogen and oxygen atoms in total. The first-order valence-electron chi connectivity index (χ1n) is 4.23. The van der Waals surface area contributed by atoms with Crippen LogP contribution in [0, 0.1) is 0 Å². The van der Waals surface area contributed by atoms with Gasteiger partial charge in [0.05, 0.1) is 6.61 Å². The van der Waals surface area contributed by atoms with Crippen LogP contribution >= 0.6 is 0 Å². The van der Waals surface area contributed by atoms with Crippen LogP contribution < -0.4 is 5.32 Å². The lowest BCUT2D eigenvalue weighted by atomic mass is 10.2. The maximum absolute atomic E-state index is 5.23. The van der Waals surface area contributed by atoms with E-state index < -0.39 is 0 Å². The lowest BCUT2D eigenvalue weighted by Gasteiger charge is -2.07. The highest BCUT2D eigenvalue weighted by Crippen LogP contribution is 2.02. The Morgan fingerprint density at radius 1 is 1.64 bits per heavy atom. The first-order chi connectivity index (χ1) is 5.29. The number of nitrogens with one attached hydrogen (secondary N) is 1. The minimum Gasteiger partial charge on any atom is -0.380 e. The van der Waals surface area contributed by atoms with Gasteiger partial charge in [0.1, 0.15) is 0 Å². The molecule has 0 aromatic heterocycles. The molecule has 0 aromatic rings. The molecule has 0 saturated carbocycles. The van der Waals surface area contributed by atoms with Crippen molar-refractivity contribution in [3.05, 3.63) is 11.6 Å². The van der Waals surface area contributed by atoms with Crippen LogP contribution in [0.3, 0.4) is 0 Å². The Bertz CT molecular complexity index is 132. The van der Waals surface area contributed by atoms with E-state index in [9.17, 15) is 0 Å². The van der Waals surface area contributed by atoms with Gasteiger partial charge in [0.15, 0.2) is 0 Å². The third-order valence-electron chi connectivity index (χ3n) is 1.85. The molecule has 1 aliphatic heterocycles. The molecule has 1 heterocycles. The van der Waals surface area contributed by atoms with Crippen molar-refractivity contribution in [2.75, 3.05) is 19.8 Å². The van der Waals surface area contributed by atoms with Crippen molar-refractivity contribution in [3.8, 4) is 0 Å². The van der Waals surface area contributed by atoms with E-state index in [1.165, 1.54) is 5.57 Å². The van der Waals surface area contributed by atoms with Crippen LogP contribution in [0.25, 0.3) is 0 Å². The fourth-order valence-electron chi connectivity index (χ4n) is 1.13. The van der Waals surface area contributed by atoms with E-state index in [2.05, 4.69) is 25.2 Å². The first-order valence-corrected chi connectivity index (χ1v) is 4.23. The molecule has 1 saturated heterocycles. The van der Waals surface area contributed by atoms with Gasteiger partial charge in [0, 0.05) is 19.2 Å².